The Morgan fingerprint density at radius 3 is 1.92 bits per heavy atom. The predicted molar refractivity (Wildman–Crippen MR) is 52.1 cm³/mol. The van der Waals surface area contributed by atoms with Gasteiger partial charge in [-0.05, 0) is 6.42 Å². The van der Waals surface area contributed by atoms with E-state index in [1.807, 2.05) is 6.92 Å². The smallest absolute Gasteiger partial charge is 0.330 e. The first-order chi connectivity index (χ1) is 5.59. The highest BCUT2D eigenvalue weighted by atomic mass is 16.4. The average molecular weight is 168 g/mol. The molecule has 0 amide bonds. The van der Waals surface area contributed by atoms with Crippen molar-refractivity contribution in [3.05, 3.63) is 37.5 Å². The molecule has 0 fully saturated rings. The molecule has 0 saturated heterocycles. The van der Waals surface area contributed by atoms with E-state index in [1.54, 1.807) is 12.2 Å². The number of hydrogen-bond acceptors (Lipinski definition) is 1. The van der Waals surface area contributed by atoms with E-state index in [0.717, 1.165) is 6.42 Å². The normalized spacial score (nSPS) is 7.42. The van der Waals surface area contributed by atoms with Gasteiger partial charge in [-0.15, -0.1) is 0 Å². The summed E-state index contributed by atoms with van der Waals surface area (Å²) in [4.78, 5) is 9.99. The second kappa shape index (κ2) is 9.69. The summed E-state index contributed by atoms with van der Waals surface area (Å²) in [6, 6.07) is 0. The van der Waals surface area contributed by atoms with E-state index in [1.165, 1.54) is 0 Å². The molecule has 0 radical (unpaired) electrons. The molecule has 0 atom stereocenters. The molecule has 0 aliphatic carbocycles. The van der Waals surface area contributed by atoms with Crippen molar-refractivity contribution in [1.82, 2.24) is 0 Å². The number of hydrogen-bond donors (Lipinski definition) is 1. The van der Waals surface area contributed by atoms with Crippen LogP contribution in [0.25, 0.3) is 0 Å². The maximum Gasteiger partial charge on any atom is 0.330 e. The molecule has 2 nitrogen and oxygen atoms in total. The van der Waals surface area contributed by atoms with Gasteiger partial charge in [0.05, 0.1) is 0 Å². The van der Waals surface area contributed by atoms with Crippen LogP contribution in [0.5, 0.6) is 0 Å². The van der Waals surface area contributed by atoms with Crippen molar-refractivity contribution in [2.45, 2.75) is 19.8 Å². The molecular formula is C10H16O2. The van der Waals surface area contributed by atoms with E-state index in [2.05, 4.69) is 19.7 Å². The average Bonchev–Trinajstić information content (AvgIpc) is 2.05. The quantitative estimate of drug-likeness (QED) is 0.517. The zero-order chi connectivity index (χ0) is 9.98. The van der Waals surface area contributed by atoms with E-state index >= 15 is 0 Å². The molecule has 0 spiro atoms. The summed E-state index contributed by atoms with van der Waals surface area (Å²) < 4.78 is 0. The minimum absolute atomic E-state index is 0.299. The van der Waals surface area contributed by atoms with Gasteiger partial charge in [-0.3, -0.25) is 0 Å². The molecule has 0 aromatic heterocycles. The summed E-state index contributed by atoms with van der Waals surface area (Å²) in [5, 5.41) is 8.21. The van der Waals surface area contributed by atoms with Crippen LogP contribution < -0.4 is 0 Å². The van der Waals surface area contributed by atoms with Crippen molar-refractivity contribution in [1.29, 1.82) is 0 Å². The van der Waals surface area contributed by atoms with Gasteiger partial charge in [0.15, 0.2) is 0 Å². The van der Waals surface area contributed by atoms with Crippen LogP contribution in [-0.2, 0) is 4.79 Å². The van der Waals surface area contributed by atoms with Gasteiger partial charge >= 0.3 is 5.97 Å². The fraction of sp³-hybridized carbons (Fsp3) is 0.300. The standard InChI is InChI=1S/C6H10O2.C4H6/c1-3-4-5(2)6(7)8;1-3-4-2/h2-4H2,1H3,(H,7,8);3-4H,1-2H2. The molecule has 0 heterocycles. The first kappa shape index (κ1) is 13.3. The Morgan fingerprint density at radius 2 is 1.83 bits per heavy atom. The van der Waals surface area contributed by atoms with Crippen LogP contribution in [0.3, 0.4) is 0 Å². The fourth-order valence-corrected chi connectivity index (χ4v) is 0.409. The Kier molecular flexibility index (Phi) is 10.7. The summed E-state index contributed by atoms with van der Waals surface area (Å²) in [6.07, 6.45) is 4.72. The third kappa shape index (κ3) is 11.5. The van der Waals surface area contributed by atoms with Gasteiger partial charge < -0.3 is 5.11 Å². The molecular weight excluding hydrogens is 152 g/mol. The minimum Gasteiger partial charge on any atom is -0.478 e. The number of rotatable bonds is 4. The fourth-order valence-electron chi connectivity index (χ4n) is 0.409. The second-order valence-corrected chi connectivity index (χ2v) is 2.13. The van der Waals surface area contributed by atoms with Crippen molar-refractivity contribution < 1.29 is 9.90 Å². The first-order valence-electron chi connectivity index (χ1n) is 3.74. The highest BCUT2D eigenvalue weighted by Crippen LogP contribution is 1.99. The molecule has 0 saturated carbocycles. The van der Waals surface area contributed by atoms with Gasteiger partial charge in [-0.1, -0.05) is 45.2 Å². The Labute approximate surface area is 73.9 Å². The van der Waals surface area contributed by atoms with Crippen LogP contribution in [0.1, 0.15) is 19.8 Å². The van der Waals surface area contributed by atoms with E-state index in [0.29, 0.717) is 12.0 Å². The molecule has 0 unspecified atom stereocenters. The molecule has 1 N–H and O–H groups in total. The maximum absolute atomic E-state index is 9.99. The third-order valence-electron chi connectivity index (χ3n) is 1.02. The van der Waals surface area contributed by atoms with Crippen molar-refractivity contribution in [2.75, 3.05) is 0 Å². The van der Waals surface area contributed by atoms with Crippen LogP contribution in [0.15, 0.2) is 37.5 Å². The molecule has 0 aromatic carbocycles. The molecule has 0 aromatic rings. The van der Waals surface area contributed by atoms with E-state index < -0.39 is 5.97 Å². The Bertz CT molecular complexity index is 163. The van der Waals surface area contributed by atoms with Gasteiger partial charge in [0.1, 0.15) is 0 Å². The Hall–Kier alpha value is -1.31. The van der Waals surface area contributed by atoms with E-state index in [9.17, 15) is 4.79 Å². The number of carboxylic acid groups (broad SMARTS) is 1. The van der Waals surface area contributed by atoms with Crippen LogP contribution in [0, 0.1) is 0 Å². The summed E-state index contributed by atoms with van der Waals surface area (Å²) in [6.45, 7) is 12.0. The van der Waals surface area contributed by atoms with Crippen molar-refractivity contribution in [3.8, 4) is 0 Å². The van der Waals surface area contributed by atoms with Crippen LogP contribution >= 0.6 is 0 Å². The predicted octanol–water partition coefficient (Wildman–Crippen LogP) is 2.79. The highest BCUT2D eigenvalue weighted by molar-refractivity contribution is 5.85. The van der Waals surface area contributed by atoms with Gasteiger partial charge in [-0.2, -0.15) is 0 Å². The monoisotopic (exact) mass is 168 g/mol. The van der Waals surface area contributed by atoms with Crippen LogP contribution in [0.2, 0.25) is 0 Å². The molecule has 0 bridgehead atoms. The van der Waals surface area contributed by atoms with Gasteiger partial charge in [0.25, 0.3) is 0 Å². The Morgan fingerprint density at radius 1 is 1.42 bits per heavy atom. The highest BCUT2D eigenvalue weighted by Gasteiger charge is 1.99. The van der Waals surface area contributed by atoms with Crippen LogP contribution in [0.4, 0.5) is 0 Å². The zero-order valence-corrected chi connectivity index (χ0v) is 7.55. The number of carboxylic acids is 1. The van der Waals surface area contributed by atoms with Crippen LogP contribution in [-0.4, -0.2) is 11.1 Å². The summed E-state index contributed by atoms with van der Waals surface area (Å²) >= 11 is 0. The number of allylic oxidation sites excluding steroid dienone is 2. The van der Waals surface area contributed by atoms with Gasteiger partial charge in [-0.25, -0.2) is 4.79 Å². The second-order valence-electron chi connectivity index (χ2n) is 2.13. The number of aliphatic carboxylic acids is 1. The SMILES string of the molecule is C=C(CCC)C(=O)O.C=CC=C. The summed E-state index contributed by atoms with van der Waals surface area (Å²) in [5.41, 5.74) is 0.299. The molecule has 0 aliphatic heterocycles. The molecule has 0 aliphatic rings. The summed E-state index contributed by atoms with van der Waals surface area (Å²) in [5.74, 6) is -0.883. The lowest BCUT2D eigenvalue weighted by Crippen LogP contribution is -1.97. The maximum atomic E-state index is 9.99. The van der Waals surface area contributed by atoms with E-state index in [4.69, 9.17) is 5.11 Å². The number of carbonyl (C=O) groups is 1. The lowest BCUT2D eigenvalue weighted by Gasteiger charge is -1.92. The third-order valence-corrected chi connectivity index (χ3v) is 1.02. The van der Waals surface area contributed by atoms with Crippen molar-refractivity contribution in [3.63, 3.8) is 0 Å². The molecule has 2 heteroatoms. The van der Waals surface area contributed by atoms with E-state index in [-0.39, 0.29) is 0 Å². The first-order valence-corrected chi connectivity index (χ1v) is 3.74. The molecule has 12 heavy (non-hydrogen) atoms. The molecule has 68 valence electrons. The zero-order valence-electron chi connectivity index (χ0n) is 7.55. The Balaban J connectivity index is 0. The summed E-state index contributed by atoms with van der Waals surface area (Å²) in [7, 11) is 0. The van der Waals surface area contributed by atoms with Crippen molar-refractivity contribution >= 4 is 5.97 Å². The topological polar surface area (TPSA) is 37.3 Å². The molecule has 0 rings (SSSR count). The largest absolute Gasteiger partial charge is 0.478 e. The van der Waals surface area contributed by atoms with Crippen molar-refractivity contribution in [2.24, 2.45) is 0 Å². The minimum atomic E-state index is -0.883. The lowest BCUT2D eigenvalue weighted by atomic mass is 10.2. The van der Waals surface area contributed by atoms with Gasteiger partial charge in [0, 0.05) is 5.57 Å². The van der Waals surface area contributed by atoms with Gasteiger partial charge in [0.2, 0.25) is 0 Å². The lowest BCUT2D eigenvalue weighted by molar-refractivity contribution is -0.132.